The van der Waals surface area contributed by atoms with Gasteiger partial charge in [-0.2, -0.15) is 0 Å². The van der Waals surface area contributed by atoms with Crippen molar-refractivity contribution in [2.75, 3.05) is 19.8 Å². The second-order valence-electron chi connectivity index (χ2n) is 3.65. The van der Waals surface area contributed by atoms with E-state index in [4.69, 9.17) is 16.3 Å². The number of hydrogen-bond acceptors (Lipinski definition) is 4. The second-order valence-corrected chi connectivity index (χ2v) is 4.03. The first-order valence-electron chi connectivity index (χ1n) is 5.05. The van der Waals surface area contributed by atoms with E-state index in [-0.39, 0.29) is 17.1 Å². The SMILES string of the molecule is CC1COCCN1C(=O)c1cnc(Cl)cn1. The first-order chi connectivity index (χ1) is 7.68. The van der Waals surface area contributed by atoms with Crippen LogP contribution in [0.15, 0.2) is 12.4 Å². The maximum Gasteiger partial charge on any atom is 0.274 e. The number of carbonyl (C=O) groups excluding carboxylic acids is 1. The maximum atomic E-state index is 12.0. The predicted octanol–water partition coefficient (Wildman–Crippen LogP) is 0.991. The van der Waals surface area contributed by atoms with Gasteiger partial charge < -0.3 is 9.64 Å². The predicted molar refractivity (Wildman–Crippen MR) is 58.4 cm³/mol. The third-order valence-corrected chi connectivity index (χ3v) is 2.66. The van der Waals surface area contributed by atoms with E-state index < -0.39 is 0 Å². The largest absolute Gasteiger partial charge is 0.377 e. The number of morpholine rings is 1. The molecule has 86 valence electrons. The van der Waals surface area contributed by atoms with Gasteiger partial charge in [-0.05, 0) is 6.92 Å². The van der Waals surface area contributed by atoms with Gasteiger partial charge in [0.05, 0.1) is 31.6 Å². The first kappa shape index (κ1) is 11.3. The van der Waals surface area contributed by atoms with Gasteiger partial charge in [-0.1, -0.05) is 11.6 Å². The summed E-state index contributed by atoms with van der Waals surface area (Å²) in [5.74, 6) is -0.125. The van der Waals surface area contributed by atoms with E-state index in [0.29, 0.717) is 25.5 Å². The Balaban J connectivity index is 2.14. The third kappa shape index (κ3) is 2.31. The number of amides is 1. The normalized spacial score (nSPS) is 20.9. The summed E-state index contributed by atoms with van der Waals surface area (Å²) in [6.07, 6.45) is 2.77. The fraction of sp³-hybridized carbons (Fsp3) is 0.500. The molecule has 1 aromatic rings. The summed E-state index contributed by atoms with van der Waals surface area (Å²) in [6, 6.07) is 0.0683. The van der Waals surface area contributed by atoms with E-state index in [1.807, 2.05) is 6.92 Å². The summed E-state index contributed by atoms with van der Waals surface area (Å²) < 4.78 is 5.27. The molecule has 1 atom stereocenters. The molecule has 1 aliphatic rings. The lowest BCUT2D eigenvalue weighted by Crippen LogP contribution is -2.47. The first-order valence-corrected chi connectivity index (χ1v) is 5.42. The highest BCUT2D eigenvalue weighted by Crippen LogP contribution is 2.11. The minimum Gasteiger partial charge on any atom is -0.377 e. The van der Waals surface area contributed by atoms with Gasteiger partial charge in [-0.3, -0.25) is 4.79 Å². The Morgan fingerprint density at radius 1 is 1.56 bits per heavy atom. The Morgan fingerprint density at radius 3 is 3.00 bits per heavy atom. The zero-order valence-corrected chi connectivity index (χ0v) is 9.65. The quantitative estimate of drug-likeness (QED) is 0.736. The van der Waals surface area contributed by atoms with Crippen LogP contribution in [0.5, 0.6) is 0 Å². The molecule has 0 aliphatic carbocycles. The number of nitrogens with zero attached hydrogens (tertiary/aromatic N) is 3. The van der Waals surface area contributed by atoms with Crippen LogP contribution >= 0.6 is 11.6 Å². The summed E-state index contributed by atoms with van der Waals surface area (Å²) in [4.78, 5) is 21.6. The molecular formula is C10H12ClN3O2. The maximum absolute atomic E-state index is 12.0. The molecule has 1 unspecified atom stereocenters. The highest BCUT2D eigenvalue weighted by Gasteiger charge is 2.25. The second kappa shape index (κ2) is 4.76. The van der Waals surface area contributed by atoms with Crippen molar-refractivity contribution in [1.29, 1.82) is 0 Å². The average Bonchev–Trinajstić information content (AvgIpc) is 2.30. The van der Waals surface area contributed by atoms with Crippen LogP contribution in [0.1, 0.15) is 17.4 Å². The lowest BCUT2D eigenvalue weighted by molar-refractivity contribution is 0.00324. The van der Waals surface area contributed by atoms with Crippen LogP contribution in [-0.4, -0.2) is 46.6 Å². The third-order valence-electron chi connectivity index (χ3n) is 2.47. The van der Waals surface area contributed by atoms with Crippen molar-refractivity contribution in [2.24, 2.45) is 0 Å². The van der Waals surface area contributed by atoms with E-state index in [2.05, 4.69) is 9.97 Å². The van der Waals surface area contributed by atoms with Crippen molar-refractivity contribution in [3.05, 3.63) is 23.2 Å². The Hall–Kier alpha value is -1.20. The van der Waals surface area contributed by atoms with Gasteiger partial charge in [0.25, 0.3) is 5.91 Å². The summed E-state index contributed by atoms with van der Waals surface area (Å²) in [7, 11) is 0. The molecule has 0 spiro atoms. The van der Waals surface area contributed by atoms with Crippen LogP contribution in [0.4, 0.5) is 0 Å². The van der Waals surface area contributed by atoms with Crippen LogP contribution in [-0.2, 0) is 4.74 Å². The number of halogens is 1. The number of aromatic nitrogens is 2. The zero-order chi connectivity index (χ0) is 11.5. The summed E-state index contributed by atoms with van der Waals surface area (Å²) in [5, 5.41) is 0.284. The van der Waals surface area contributed by atoms with Gasteiger partial charge in [0.15, 0.2) is 0 Å². The van der Waals surface area contributed by atoms with Crippen molar-refractivity contribution < 1.29 is 9.53 Å². The van der Waals surface area contributed by atoms with Crippen LogP contribution in [0.2, 0.25) is 5.15 Å². The average molecular weight is 242 g/mol. The molecule has 1 saturated heterocycles. The van der Waals surface area contributed by atoms with E-state index >= 15 is 0 Å². The molecule has 2 heterocycles. The zero-order valence-electron chi connectivity index (χ0n) is 8.89. The molecule has 1 fully saturated rings. The van der Waals surface area contributed by atoms with Gasteiger partial charge in [0.2, 0.25) is 0 Å². The van der Waals surface area contributed by atoms with Gasteiger partial charge in [0.1, 0.15) is 10.8 Å². The molecule has 1 amide bonds. The van der Waals surface area contributed by atoms with E-state index in [1.54, 1.807) is 4.90 Å². The van der Waals surface area contributed by atoms with Crippen LogP contribution in [0.3, 0.4) is 0 Å². The summed E-state index contributed by atoms with van der Waals surface area (Å²) >= 11 is 5.61. The van der Waals surface area contributed by atoms with Crippen LogP contribution < -0.4 is 0 Å². The molecule has 16 heavy (non-hydrogen) atoms. The van der Waals surface area contributed by atoms with E-state index in [1.165, 1.54) is 12.4 Å². The van der Waals surface area contributed by atoms with Gasteiger partial charge in [-0.25, -0.2) is 9.97 Å². The molecule has 0 aromatic carbocycles. The Morgan fingerprint density at radius 2 is 2.38 bits per heavy atom. The van der Waals surface area contributed by atoms with Crippen molar-refractivity contribution >= 4 is 17.5 Å². The van der Waals surface area contributed by atoms with Crippen molar-refractivity contribution in [3.63, 3.8) is 0 Å². The molecule has 0 N–H and O–H groups in total. The fourth-order valence-corrected chi connectivity index (χ4v) is 1.70. The summed E-state index contributed by atoms with van der Waals surface area (Å²) in [6.45, 7) is 3.66. The Kier molecular flexibility index (Phi) is 3.36. The Bertz CT molecular complexity index is 382. The molecule has 5 nitrogen and oxygen atoms in total. The van der Waals surface area contributed by atoms with Crippen molar-refractivity contribution in [1.82, 2.24) is 14.9 Å². The van der Waals surface area contributed by atoms with E-state index in [0.717, 1.165) is 0 Å². The monoisotopic (exact) mass is 241 g/mol. The Labute approximate surface area is 98.4 Å². The molecule has 1 aliphatic heterocycles. The lowest BCUT2D eigenvalue weighted by atomic mass is 10.2. The van der Waals surface area contributed by atoms with Crippen molar-refractivity contribution in [3.8, 4) is 0 Å². The molecule has 0 radical (unpaired) electrons. The molecule has 0 saturated carbocycles. The molecule has 1 aromatic heterocycles. The number of carbonyl (C=O) groups is 1. The lowest BCUT2D eigenvalue weighted by Gasteiger charge is -2.32. The molecule has 2 rings (SSSR count). The molecule has 6 heteroatoms. The highest BCUT2D eigenvalue weighted by atomic mass is 35.5. The van der Waals surface area contributed by atoms with Gasteiger partial charge in [0, 0.05) is 6.54 Å². The minimum absolute atomic E-state index is 0.0683. The fourth-order valence-electron chi connectivity index (χ4n) is 1.60. The standard InChI is InChI=1S/C10H12ClN3O2/c1-7-6-16-3-2-14(7)10(15)8-4-13-9(11)5-12-8/h4-5,7H,2-3,6H2,1H3. The smallest absolute Gasteiger partial charge is 0.274 e. The van der Waals surface area contributed by atoms with Crippen LogP contribution in [0, 0.1) is 0 Å². The number of rotatable bonds is 1. The van der Waals surface area contributed by atoms with E-state index in [9.17, 15) is 4.79 Å². The summed E-state index contributed by atoms with van der Waals surface area (Å²) in [5.41, 5.74) is 0.318. The molecular weight excluding hydrogens is 230 g/mol. The number of ether oxygens (including phenoxy) is 1. The van der Waals surface area contributed by atoms with Crippen LogP contribution in [0.25, 0.3) is 0 Å². The highest BCUT2D eigenvalue weighted by molar-refractivity contribution is 6.29. The topological polar surface area (TPSA) is 55.3 Å². The van der Waals surface area contributed by atoms with Gasteiger partial charge >= 0.3 is 0 Å². The number of hydrogen-bond donors (Lipinski definition) is 0. The van der Waals surface area contributed by atoms with Crippen molar-refractivity contribution in [2.45, 2.75) is 13.0 Å². The molecule has 0 bridgehead atoms. The van der Waals surface area contributed by atoms with Gasteiger partial charge in [-0.15, -0.1) is 0 Å². The minimum atomic E-state index is -0.125.